The van der Waals surface area contributed by atoms with E-state index in [1.54, 1.807) is 24.3 Å². The van der Waals surface area contributed by atoms with Gasteiger partial charge in [0.25, 0.3) is 17.7 Å². The minimum Gasteiger partial charge on any atom is -0.489 e. The summed E-state index contributed by atoms with van der Waals surface area (Å²) in [5.74, 6) is -1.47. The Morgan fingerprint density at radius 2 is 1.46 bits per heavy atom. The lowest BCUT2D eigenvalue weighted by atomic mass is 9.49. The molecule has 13 nitrogen and oxygen atoms in total. The van der Waals surface area contributed by atoms with Gasteiger partial charge in [-0.25, -0.2) is 0 Å². The Hall–Kier alpha value is -5.45. The average molecular weight is 820 g/mol. The Labute approximate surface area is 349 Å². The molecule has 5 amide bonds. The number of carbonyl (C=O) groups excluding carboxylic acids is 5. The van der Waals surface area contributed by atoms with Gasteiger partial charge in [0, 0.05) is 91.1 Å². The first kappa shape index (κ1) is 40.3. The number of fused-ring (bicyclic) bond motifs is 1. The van der Waals surface area contributed by atoms with E-state index in [1.165, 1.54) is 0 Å². The van der Waals surface area contributed by atoms with Gasteiger partial charge >= 0.3 is 0 Å². The van der Waals surface area contributed by atoms with E-state index in [2.05, 4.69) is 59.1 Å². The maximum atomic E-state index is 13.6. The van der Waals surface area contributed by atoms with Gasteiger partial charge in [-0.3, -0.25) is 39.1 Å². The second-order valence-corrected chi connectivity index (χ2v) is 18.1. The molecule has 14 heteroatoms. The van der Waals surface area contributed by atoms with Crippen LogP contribution in [0.3, 0.4) is 0 Å². The van der Waals surface area contributed by atoms with E-state index >= 15 is 0 Å². The summed E-state index contributed by atoms with van der Waals surface area (Å²) in [7, 11) is 0. The number of anilines is 2. The zero-order valence-electron chi connectivity index (χ0n) is 34.1. The summed E-state index contributed by atoms with van der Waals surface area (Å²) >= 11 is 6.42. The van der Waals surface area contributed by atoms with Gasteiger partial charge in [-0.2, -0.15) is 5.26 Å². The number of benzene rings is 3. The lowest BCUT2D eigenvalue weighted by Gasteiger charge is -2.63. The normalized spacial score (nSPS) is 24.3. The van der Waals surface area contributed by atoms with E-state index in [9.17, 15) is 29.2 Å². The van der Waals surface area contributed by atoms with E-state index in [4.69, 9.17) is 16.3 Å². The first-order chi connectivity index (χ1) is 28.1. The number of amides is 5. The standard InChI is InChI=1S/C45H50ClN7O6/c1-26-35(14-8-28(25-47)37(26)46)59-43-44(2,3)42(45(43,4)5)49-38(55)27-6-9-29(10-7-27)51-20-22-52(23-21-51)30-16-18-50(19-17-30)31-11-12-32-33(24-31)41(58)53(40(32)57)34-13-15-36(54)48-39(34)56/h6-12,14,24,30,34,42-43H,13,15-23H2,1-5H3,(H,49,55)(H,48,54,56). The maximum absolute atomic E-state index is 13.6. The summed E-state index contributed by atoms with van der Waals surface area (Å²) in [5.41, 5.74) is 3.58. The van der Waals surface area contributed by atoms with Crippen molar-refractivity contribution < 1.29 is 28.7 Å². The second-order valence-electron chi connectivity index (χ2n) is 17.7. The lowest BCUT2D eigenvalue weighted by molar-refractivity contribution is -0.164. The molecule has 2 N–H and O–H groups in total. The van der Waals surface area contributed by atoms with Crippen LogP contribution in [0.1, 0.15) is 95.6 Å². The molecule has 5 aliphatic rings. The summed E-state index contributed by atoms with van der Waals surface area (Å²) in [4.78, 5) is 72.4. The van der Waals surface area contributed by atoms with Crippen LogP contribution in [0, 0.1) is 29.1 Å². The predicted molar refractivity (Wildman–Crippen MR) is 223 cm³/mol. The van der Waals surface area contributed by atoms with Crippen molar-refractivity contribution in [3.8, 4) is 11.8 Å². The topological polar surface area (TPSA) is 155 Å². The third-order valence-corrected chi connectivity index (χ3v) is 13.9. The van der Waals surface area contributed by atoms with E-state index in [0.717, 1.165) is 73.9 Å². The van der Waals surface area contributed by atoms with Crippen molar-refractivity contribution in [1.82, 2.24) is 20.4 Å². The van der Waals surface area contributed by atoms with Crippen molar-refractivity contribution in [2.75, 3.05) is 49.1 Å². The average Bonchev–Trinajstić information content (AvgIpc) is 3.48. The number of hydrogen-bond donors (Lipinski definition) is 2. The summed E-state index contributed by atoms with van der Waals surface area (Å²) in [6.45, 7) is 15.5. The Balaban J connectivity index is 0.815. The fourth-order valence-corrected chi connectivity index (χ4v) is 10.5. The minimum atomic E-state index is -0.979. The van der Waals surface area contributed by atoms with Gasteiger partial charge in [0.05, 0.1) is 21.7 Å². The van der Waals surface area contributed by atoms with Crippen LogP contribution in [0.5, 0.6) is 5.75 Å². The van der Waals surface area contributed by atoms with Gasteiger partial charge < -0.3 is 19.9 Å². The third kappa shape index (κ3) is 7.10. The van der Waals surface area contributed by atoms with Crippen LogP contribution < -0.4 is 25.2 Å². The Kier molecular flexibility index (Phi) is 10.5. The van der Waals surface area contributed by atoms with Crippen molar-refractivity contribution >= 4 is 52.5 Å². The molecule has 3 saturated heterocycles. The van der Waals surface area contributed by atoms with Crippen molar-refractivity contribution in [2.24, 2.45) is 10.8 Å². The number of nitriles is 1. The molecule has 4 heterocycles. The van der Waals surface area contributed by atoms with E-state index < -0.39 is 29.7 Å². The number of halogens is 1. The number of ether oxygens (including phenoxy) is 1. The van der Waals surface area contributed by atoms with Crippen LogP contribution in [0.4, 0.5) is 11.4 Å². The highest BCUT2D eigenvalue weighted by Crippen LogP contribution is 2.56. The fourth-order valence-electron chi connectivity index (χ4n) is 10.3. The van der Waals surface area contributed by atoms with Gasteiger partial charge in [-0.05, 0) is 80.8 Å². The van der Waals surface area contributed by atoms with E-state index in [0.29, 0.717) is 39.1 Å². The number of carbonyl (C=O) groups is 5. The first-order valence-corrected chi connectivity index (χ1v) is 20.8. The molecule has 308 valence electrons. The molecular formula is C45H50ClN7O6. The summed E-state index contributed by atoms with van der Waals surface area (Å²) in [6.07, 6.45) is 1.97. The summed E-state index contributed by atoms with van der Waals surface area (Å²) in [6, 6.07) is 18.1. The highest BCUT2D eigenvalue weighted by Gasteiger charge is 2.64. The zero-order valence-corrected chi connectivity index (χ0v) is 34.9. The molecule has 1 atom stereocenters. The summed E-state index contributed by atoms with van der Waals surface area (Å²) in [5, 5.41) is 15.3. The van der Waals surface area contributed by atoms with Gasteiger partial charge in [0.15, 0.2) is 0 Å². The monoisotopic (exact) mass is 819 g/mol. The van der Waals surface area contributed by atoms with Crippen LogP contribution in [-0.2, 0) is 9.59 Å². The minimum absolute atomic E-state index is 0.0877. The molecule has 3 aromatic carbocycles. The fraction of sp³-hybridized carbons (Fsp3) is 0.467. The second kappa shape index (κ2) is 15.3. The zero-order chi connectivity index (χ0) is 42.0. The molecule has 59 heavy (non-hydrogen) atoms. The molecule has 0 radical (unpaired) electrons. The number of hydrogen-bond acceptors (Lipinski definition) is 10. The predicted octanol–water partition coefficient (Wildman–Crippen LogP) is 5.32. The number of imide groups is 2. The summed E-state index contributed by atoms with van der Waals surface area (Å²) < 4.78 is 6.51. The van der Waals surface area contributed by atoms with E-state index in [1.807, 2.05) is 37.3 Å². The van der Waals surface area contributed by atoms with Crippen molar-refractivity contribution in [3.05, 3.63) is 87.4 Å². The van der Waals surface area contributed by atoms with Gasteiger partial charge in [0.2, 0.25) is 11.8 Å². The SMILES string of the molecule is Cc1c(OC2C(C)(C)C(NC(=O)c3ccc(N4CCN(C5CCN(c6ccc7c(c6)C(=O)N(C6CCC(=O)NC6=O)C7=O)CC5)CC4)cc3)C2(C)C)ccc(C#N)c1Cl. The largest absolute Gasteiger partial charge is 0.489 e. The smallest absolute Gasteiger partial charge is 0.262 e. The van der Waals surface area contributed by atoms with Gasteiger partial charge in [0.1, 0.15) is 24.0 Å². The maximum Gasteiger partial charge on any atom is 0.262 e. The molecular weight excluding hydrogens is 770 g/mol. The Morgan fingerprint density at radius 1 is 0.831 bits per heavy atom. The molecule has 1 unspecified atom stereocenters. The number of rotatable bonds is 8. The van der Waals surface area contributed by atoms with Crippen LogP contribution in [0.2, 0.25) is 5.02 Å². The highest BCUT2D eigenvalue weighted by atomic mass is 35.5. The third-order valence-electron chi connectivity index (χ3n) is 13.4. The quantitative estimate of drug-likeness (QED) is 0.285. The van der Waals surface area contributed by atoms with Crippen molar-refractivity contribution in [3.63, 3.8) is 0 Å². The van der Waals surface area contributed by atoms with Crippen LogP contribution in [-0.4, -0.2) is 103 Å². The molecule has 4 aliphatic heterocycles. The van der Waals surface area contributed by atoms with Gasteiger partial charge in [-0.15, -0.1) is 0 Å². The molecule has 4 fully saturated rings. The molecule has 1 saturated carbocycles. The Bertz CT molecular complexity index is 2250. The number of nitrogens with one attached hydrogen (secondary N) is 2. The number of piperidine rings is 2. The lowest BCUT2D eigenvalue weighted by Crippen LogP contribution is -2.74. The molecule has 0 spiro atoms. The molecule has 0 bridgehead atoms. The Morgan fingerprint density at radius 3 is 2.10 bits per heavy atom. The van der Waals surface area contributed by atoms with Crippen LogP contribution in [0.25, 0.3) is 0 Å². The molecule has 3 aromatic rings. The van der Waals surface area contributed by atoms with Crippen molar-refractivity contribution in [1.29, 1.82) is 5.26 Å². The van der Waals surface area contributed by atoms with E-state index in [-0.39, 0.29) is 41.7 Å². The number of nitrogens with zero attached hydrogens (tertiary/aromatic N) is 5. The molecule has 1 aliphatic carbocycles. The van der Waals surface area contributed by atoms with Crippen LogP contribution in [0.15, 0.2) is 54.6 Å². The first-order valence-electron chi connectivity index (χ1n) is 20.5. The van der Waals surface area contributed by atoms with Crippen LogP contribution >= 0.6 is 11.6 Å². The van der Waals surface area contributed by atoms with Crippen molar-refractivity contribution in [2.45, 2.75) is 84.5 Å². The number of piperazine rings is 1. The molecule has 0 aromatic heterocycles. The van der Waals surface area contributed by atoms with Gasteiger partial charge in [-0.1, -0.05) is 39.3 Å². The molecule has 8 rings (SSSR count). The highest BCUT2D eigenvalue weighted by molar-refractivity contribution is 6.32.